The van der Waals surface area contributed by atoms with E-state index in [1.165, 1.54) is 7.11 Å². The maximum Gasteiger partial charge on any atom is 0.325 e. The second-order valence-electron chi connectivity index (χ2n) is 3.66. The summed E-state index contributed by atoms with van der Waals surface area (Å²) in [4.78, 5) is 13.3. The summed E-state index contributed by atoms with van der Waals surface area (Å²) >= 11 is 0. The van der Waals surface area contributed by atoms with E-state index in [-0.39, 0.29) is 12.0 Å². The van der Waals surface area contributed by atoms with E-state index in [4.69, 9.17) is 0 Å². The number of esters is 1. The van der Waals surface area contributed by atoms with Crippen LogP contribution in [0.15, 0.2) is 0 Å². The normalized spacial score (nSPS) is 29.6. The van der Waals surface area contributed by atoms with Crippen molar-refractivity contribution in [3.63, 3.8) is 0 Å². The van der Waals surface area contributed by atoms with E-state index in [2.05, 4.69) is 4.74 Å². The number of likely N-dealkylation sites (tertiary alicyclic amines) is 1. The molecule has 1 aliphatic heterocycles. The molecule has 0 aromatic carbocycles. The lowest BCUT2D eigenvalue weighted by Gasteiger charge is -2.27. The van der Waals surface area contributed by atoms with E-state index in [0.717, 1.165) is 6.54 Å². The lowest BCUT2D eigenvalue weighted by molar-refractivity contribution is -0.149. The first-order valence-corrected chi connectivity index (χ1v) is 4.59. The quantitative estimate of drug-likeness (QED) is 0.618. The van der Waals surface area contributed by atoms with Gasteiger partial charge in [-0.1, -0.05) is 0 Å². The third kappa shape index (κ3) is 2.00. The van der Waals surface area contributed by atoms with Gasteiger partial charge in [0.1, 0.15) is 6.04 Å². The molecule has 1 saturated heterocycles. The van der Waals surface area contributed by atoms with Gasteiger partial charge in [-0.25, -0.2) is 0 Å². The number of hydrogen-bond acceptors (Lipinski definition) is 4. The van der Waals surface area contributed by atoms with Crippen molar-refractivity contribution in [2.45, 2.75) is 38.5 Å². The van der Waals surface area contributed by atoms with Crippen LogP contribution in [-0.2, 0) is 9.53 Å². The zero-order chi connectivity index (χ0) is 10.0. The van der Waals surface area contributed by atoms with Gasteiger partial charge in [-0.3, -0.25) is 9.69 Å². The second kappa shape index (κ2) is 4.07. The van der Waals surface area contributed by atoms with Gasteiger partial charge in [0, 0.05) is 12.6 Å². The highest BCUT2D eigenvalue weighted by Crippen LogP contribution is 2.21. The number of ether oxygens (including phenoxy) is 1. The lowest BCUT2D eigenvalue weighted by atomic mass is 10.1. The van der Waals surface area contributed by atoms with Gasteiger partial charge in [0.2, 0.25) is 0 Å². The average Bonchev–Trinajstić information content (AvgIpc) is 2.46. The van der Waals surface area contributed by atoms with Crippen LogP contribution in [0.1, 0.15) is 20.3 Å². The van der Waals surface area contributed by atoms with E-state index >= 15 is 0 Å². The molecule has 1 fully saturated rings. The van der Waals surface area contributed by atoms with Crippen LogP contribution in [0.25, 0.3) is 0 Å². The number of carbonyl (C=O) groups excluding carboxylic acids is 1. The summed E-state index contributed by atoms with van der Waals surface area (Å²) in [6, 6.07) is -0.203. The molecule has 13 heavy (non-hydrogen) atoms. The number of nitrogens with zero attached hydrogens (tertiary/aromatic N) is 1. The van der Waals surface area contributed by atoms with Crippen molar-refractivity contribution >= 4 is 5.97 Å². The molecule has 1 N–H and O–H groups in total. The van der Waals surface area contributed by atoms with Crippen LogP contribution in [0.4, 0.5) is 0 Å². The Labute approximate surface area is 78.5 Å². The molecule has 0 bridgehead atoms. The Hall–Kier alpha value is -0.610. The minimum atomic E-state index is -0.574. The highest BCUT2D eigenvalue weighted by Gasteiger charge is 2.40. The summed E-state index contributed by atoms with van der Waals surface area (Å²) in [5.74, 6) is -0.335. The molecule has 0 radical (unpaired) electrons. The molecule has 1 heterocycles. The van der Waals surface area contributed by atoms with Gasteiger partial charge >= 0.3 is 5.97 Å². The van der Waals surface area contributed by atoms with Crippen LogP contribution in [0.2, 0.25) is 0 Å². The zero-order valence-corrected chi connectivity index (χ0v) is 8.36. The fourth-order valence-corrected chi connectivity index (χ4v) is 1.79. The third-order valence-corrected chi connectivity index (χ3v) is 2.51. The van der Waals surface area contributed by atoms with E-state index in [1.807, 2.05) is 18.7 Å². The molecule has 4 nitrogen and oxygen atoms in total. The fraction of sp³-hybridized carbons (Fsp3) is 0.889. The molecule has 0 spiro atoms. The summed E-state index contributed by atoms with van der Waals surface area (Å²) < 4.78 is 4.64. The summed E-state index contributed by atoms with van der Waals surface area (Å²) in [5.41, 5.74) is 0. The summed E-state index contributed by atoms with van der Waals surface area (Å²) in [5, 5.41) is 9.57. The van der Waals surface area contributed by atoms with Crippen molar-refractivity contribution in [1.82, 2.24) is 4.90 Å². The van der Waals surface area contributed by atoms with Crippen LogP contribution in [0.5, 0.6) is 0 Å². The molecule has 76 valence electrons. The van der Waals surface area contributed by atoms with Crippen molar-refractivity contribution in [3.8, 4) is 0 Å². The van der Waals surface area contributed by atoms with Crippen molar-refractivity contribution in [2.24, 2.45) is 0 Å². The largest absolute Gasteiger partial charge is 0.468 e. The fourth-order valence-electron chi connectivity index (χ4n) is 1.79. The average molecular weight is 187 g/mol. The van der Waals surface area contributed by atoms with Crippen LogP contribution in [0.3, 0.4) is 0 Å². The topological polar surface area (TPSA) is 49.8 Å². The lowest BCUT2D eigenvalue weighted by Crippen LogP contribution is -2.45. The summed E-state index contributed by atoms with van der Waals surface area (Å²) in [6.07, 6.45) is 0.0765. The van der Waals surface area contributed by atoms with E-state index < -0.39 is 12.1 Å². The van der Waals surface area contributed by atoms with Gasteiger partial charge in [0.05, 0.1) is 13.2 Å². The first kappa shape index (κ1) is 10.5. The Morgan fingerprint density at radius 3 is 2.69 bits per heavy atom. The molecule has 4 heteroatoms. The predicted molar refractivity (Wildman–Crippen MR) is 48.3 cm³/mol. The minimum absolute atomic E-state index is 0.265. The number of aliphatic hydroxyl groups is 1. The molecule has 2 atom stereocenters. The molecule has 1 aliphatic rings. The van der Waals surface area contributed by atoms with Gasteiger partial charge in [-0.2, -0.15) is 0 Å². The smallest absolute Gasteiger partial charge is 0.325 e. The van der Waals surface area contributed by atoms with Crippen molar-refractivity contribution in [2.75, 3.05) is 13.7 Å². The van der Waals surface area contributed by atoms with Crippen LogP contribution in [0, 0.1) is 0 Å². The molecule has 0 saturated carbocycles. The highest BCUT2D eigenvalue weighted by molar-refractivity contribution is 5.76. The number of rotatable bonds is 2. The van der Waals surface area contributed by atoms with Gasteiger partial charge in [0.15, 0.2) is 0 Å². The third-order valence-electron chi connectivity index (χ3n) is 2.51. The van der Waals surface area contributed by atoms with Gasteiger partial charge in [-0.05, 0) is 20.3 Å². The van der Waals surface area contributed by atoms with E-state index in [0.29, 0.717) is 6.42 Å². The first-order chi connectivity index (χ1) is 6.07. The maximum absolute atomic E-state index is 11.3. The Morgan fingerprint density at radius 2 is 2.23 bits per heavy atom. The Bertz CT molecular complexity index is 193. The number of hydrogen-bond donors (Lipinski definition) is 1. The van der Waals surface area contributed by atoms with Crippen molar-refractivity contribution < 1.29 is 14.6 Å². The Morgan fingerprint density at radius 1 is 1.62 bits per heavy atom. The highest BCUT2D eigenvalue weighted by atomic mass is 16.5. The molecular formula is C9H17NO3. The minimum Gasteiger partial charge on any atom is -0.468 e. The maximum atomic E-state index is 11.3. The first-order valence-electron chi connectivity index (χ1n) is 4.59. The van der Waals surface area contributed by atoms with Gasteiger partial charge in [-0.15, -0.1) is 0 Å². The van der Waals surface area contributed by atoms with Crippen molar-refractivity contribution in [3.05, 3.63) is 0 Å². The van der Waals surface area contributed by atoms with Crippen LogP contribution < -0.4 is 0 Å². The SMILES string of the molecule is COC(=O)[C@H]1[C@@H](O)CCN1C(C)C. The zero-order valence-electron chi connectivity index (χ0n) is 8.36. The van der Waals surface area contributed by atoms with Gasteiger partial charge in [0.25, 0.3) is 0 Å². The second-order valence-corrected chi connectivity index (χ2v) is 3.66. The molecular weight excluding hydrogens is 170 g/mol. The summed E-state index contributed by atoms with van der Waals surface area (Å²) in [7, 11) is 1.35. The molecule has 0 unspecified atom stereocenters. The number of aliphatic hydroxyl groups excluding tert-OH is 1. The van der Waals surface area contributed by atoms with E-state index in [1.54, 1.807) is 0 Å². The molecule has 0 aliphatic carbocycles. The van der Waals surface area contributed by atoms with Crippen LogP contribution in [-0.4, -0.2) is 47.8 Å². The molecule has 1 rings (SSSR count). The Kier molecular flexibility index (Phi) is 3.27. The van der Waals surface area contributed by atoms with Crippen molar-refractivity contribution in [1.29, 1.82) is 0 Å². The predicted octanol–water partition coefficient (Wildman–Crippen LogP) is 0.00300. The molecule has 0 aromatic heterocycles. The molecule has 0 aromatic rings. The standard InChI is InChI=1S/C9H17NO3/c1-6(2)10-5-4-7(11)8(10)9(12)13-3/h6-8,11H,4-5H2,1-3H3/t7-,8+/m0/s1. The van der Waals surface area contributed by atoms with Crippen LogP contribution >= 0.6 is 0 Å². The number of methoxy groups -OCH3 is 1. The number of carbonyl (C=O) groups is 1. The van der Waals surface area contributed by atoms with Gasteiger partial charge < -0.3 is 9.84 Å². The monoisotopic (exact) mass is 187 g/mol. The van der Waals surface area contributed by atoms with E-state index in [9.17, 15) is 9.90 Å². The summed E-state index contributed by atoms with van der Waals surface area (Å²) in [6.45, 7) is 4.78. The Balaban J connectivity index is 2.71. The molecule has 0 amide bonds.